The van der Waals surface area contributed by atoms with Crippen LogP contribution in [0.3, 0.4) is 0 Å². The SMILES string of the molecule is CN(C)CC(c1cc(F)ccc1F)C1CCNCC1. The number of likely N-dealkylation sites (N-methyl/N-ethyl adjacent to an activating group) is 1. The summed E-state index contributed by atoms with van der Waals surface area (Å²) in [6.45, 7) is 2.68. The first-order chi connectivity index (χ1) is 9.08. The lowest BCUT2D eigenvalue weighted by Gasteiger charge is -2.33. The Morgan fingerprint density at radius 2 is 1.95 bits per heavy atom. The molecule has 1 N–H and O–H groups in total. The first-order valence-corrected chi connectivity index (χ1v) is 6.88. The van der Waals surface area contributed by atoms with Crippen LogP contribution < -0.4 is 5.32 Å². The molecular formula is C15H22F2N2. The van der Waals surface area contributed by atoms with Crippen LogP contribution in [-0.2, 0) is 0 Å². The zero-order valence-corrected chi connectivity index (χ0v) is 11.6. The number of nitrogens with one attached hydrogen (secondary N) is 1. The summed E-state index contributed by atoms with van der Waals surface area (Å²) in [6, 6.07) is 3.80. The molecule has 2 nitrogen and oxygen atoms in total. The Balaban J connectivity index is 2.27. The van der Waals surface area contributed by atoms with Crippen molar-refractivity contribution >= 4 is 0 Å². The Bertz CT molecular complexity index is 415. The molecular weight excluding hydrogens is 246 g/mol. The number of nitrogens with zero attached hydrogens (tertiary/aromatic N) is 1. The Morgan fingerprint density at radius 1 is 1.26 bits per heavy atom. The number of hydrogen-bond donors (Lipinski definition) is 1. The van der Waals surface area contributed by atoms with E-state index in [1.165, 1.54) is 18.2 Å². The second-order valence-corrected chi connectivity index (χ2v) is 5.62. The molecule has 1 unspecified atom stereocenters. The Kier molecular flexibility index (Phi) is 4.88. The zero-order valence-electron chi connectivity index (χ0n) is 11.6. The zero-order chi connectivity index (χ0) is 13.8. The van der Waals surface area contributed by atoms with E-state index < -0.39 is 0 Å². The van der Waals surface area contributed by atoms with E-state index in [1.54, 1.807) is 0 Å². The Labute approximate surface area is 113 Å². The van der Waals surface area contributed by atoms with Gasteiger partial charge in [0, 0.05) is 12.5 Å². The summed E-state index contributed by atoms with van der Waals surface area (Å²) in [5.41, 5.74) is 0.528. The highest BCUT2D eigenvalue weighted by Crippen LogP contribution is 2.33. The normalized spacial score (nSPS) is 18.8. The average Bonchev–Trinajstić information content (AvgIpc) is 2.40. The van der Waals surface area contributed by atoms with Crippen LogP contribution in [-0.4, -0.2) is 38.6 Å². The summed E-state index contributed by atoms with van der Waals surface area (Å²) in [4.78, 5) is 2.05. The van der Waals surface area contributed by atoms with E-state index in [-0.39, 0.29) is 17.6 Å². The van der Waals surface area contributed by atoms with Gasteiger partial charge in [-0.05, 0) is 69.7 Å². The van der Waals surface area contributed by atoms with Crippen molar-refractivity contribution in [2.75, 3.05) is 33.7 Å². The molecule has 0 saturated carbocycles. The van der Waals surface area contributed by atoms with Crippen LogP contribution in [0, 0.1) is 17.6 Å². The summed E-state index contributed by atoms with van der Waals surface area (Å²) in [6.07, 6.45) is 2.04. The Hall–Kier alpha value is -1.00. The minimum absolute atomic E-state index is 0.0628. The molecule has 1 heterocycles. The third-order valence-corrected chi connectivity index (χ3v) is 3.87. The van der Waals surface area contributed by atoms with E-state index in [2.05, 4.69) is 10.2 Å². The van der Waals surface area contributed by atoms with Crippen molar-refractivity contribution in [1.29, 1.82) is 0 Å². The van der Waals surface area contributed by atoms with Crippen LogP contribution in [0.25, 0.3) is 0 Å². The van der Waals surface area contributed by atoms with Crippen molar-refractivity contribution in [3.63, 3.8) is 0 Å². The number of halogens is 2. The van der Waals surface area contributed by atoms with Gasteiger partial charge in [0.15, 0.2) is 0 Å². The smallest absolute Gasteiger partial charge is 0.126 e. The van der Waals surface area contributed by atoms with Crippen LogP contribution in [0.15, 0.2) is 18.2 Å². The van der Waals surface area contributed by atoms with Crippen molar-refractivity contribution in [1.82, 2.24) is 10.2 Å². The van der Waals surface area contributed by atoms with Crippen molar-refractivity contribution < 1.29 is 8.78 Å². The molecule has 1 atom stereocenters. The minimum Gasteiger partial charge on any atom is -0.317 e. The van der Waals surface area contributed by atoms with Crippen molar-refractivity contribution in [3.05, 3.63) is 35.4 Å². The molecule has 0 aliphatic carbocycles. The predicted molar refractivity (Wildman–Crippen MR) is 73.2 cm³/mol. The fourth-order valence-corrected chi connectivity index (χ4v) is 2.94. The largest absolute Gasteiger partial charge is 0.317 e. The van der Waals surface area contributed by atoms with Crippen molar-refractivity contribution in [3.8, 4) is 0 Å². The molecule has 2 rings (SSSR count). The molecule has 1 saturated heterocycles. The molecule has 1 aromatic rings. The summed E-state index contributed by atoms with van der Waals surface area (Å²) in [5.74, 6) is -0.159. The highest BCUT2D eigenvalue weighted by atomic mass is 19.1. The highest BCUT2D eigenvalue weighted by molar-refractivity contribution is 5.24. The maximum atomic E-state index is 14.0. The summed E-state index contributed by atoms with van der Waals surface area (Å²) in [5, 5.41) is 3.32. The van der Waals surface area contributed by atoms with Gasteiger partial charge in [-0.15, -0.1) is 0 Å². The lowest BCUT2D eigenvalue weighted by molar-refractivity contribution is 0.257. The van der Waals surface area contributed by atoms with E-state index in [1.807, 2.05) is 14.1 Å². The van der Waals surface area contributed by atoms with Gasteiger partial charge in [0.2, 0.25) is 0 Å². The number of rotatable bonds is 4. The minimum atomic E-state index is -0.353. The van der Waals surface area contributed by atoms with Gasteiger partial charge >= 0.3 is 0 Å². The van der Waals surface area contributed by atoms with Gasteiger partial charge in [-0.25, -0.2) is 8.78 Å². The van der Waals surface area contributed by atoms with E-state index in [0.717, 1.165) is 32.5 Å². The molecule has 1 aliphatic rings. The molecule has 0 radical (unpaired) electrons. The van der Waals surface area contributed by atoms with Gasteiger partial charge in [0.05, 0.1) is 0 Å². The second kappa shape index (κ2) is 6.44. The molecule has 106 valence electrons. The second-order valence-electron chi connectivity index (χ2n) is 5.62. The summed E-state index contributed by atoms with van der Waals surface area (Å²) < 4.78 is 27.4. The van der Waals surface area contributed by atoms with Gasteiger partial charge in [-0.3, -0.25) is 0 Å². The molecule has 0 aromatic heterocycles. The first-order valence-electron chi connectivity index (χ1n) is 6.88. The lowest BCUT2D eigenvalue weighted by Crippen LogP contribution is -2.35. The predicted octanol–water partition coefficient (Wildman–Crippen LogP) is 2.61. The van der Waals surface area contributed by atoms with E-state index in [4.69, 9.17) is 0 Å². The topological polar surface area (TPSA) is 15.3 Å². The third-order valence-electron chi connectivity index (χ3n) is 3.87. The number of piperidine rings is 1. The Morgan fingerprint density at radius 3 is 2.58 bits per heavy atom. The van der Waals surface area contributed by atoms with Gasteiger partial charge < -0.3 is 10.2 Å². The molecule has 0 bridgehead atoms. The summed E-state index contributed by atoms with van der Waals surface area (Å²) in [7, 11) is 3.95. The maximum absolute atomic E-state index is 14.0. The fourth-order valence-electron chi connectivity index (χ4n) is 2.94. The van der Waals surface area contributed by atoms with Crippen LogP contribution >= 0.6 is 0 Å². The van der Waals surface area contributed by atoms with Crippen LogP contribution in [0.4, 0.5) is 8.78 Å². The van der Waals surface area contributed by atoms with E-state index in [0.29, 0.717) is 11.5 Å². The molecule has 1 fully saturated rings. The molecule has 0 spiro atoms. The summed E-state index contributed by atoms with van der Waals surface area (Å²) >= 11 is 0. The molecule has 19 heavy (non-hydrogen) atoms. The molecule has 1 aromatic carbocycles. The number of hydrogen-bond acceptors (Lipinski definition) is 2. The number of benzene rings is 1. The highest BCUT2D eigenvalue weighted by Gasteiger charge is 2.27. The average molecular weight is 268 g/mol. The van der Waals surface area contributed by atoms with Crippen LogP contribution in [0.5, 0.6) is 0 Å². The standard InChI is InChI=1S/C15H22F2N2/c1-19(2)10-14(11-5-7-18-8-6-11)13-9-12(16)3-4-15(13)17/h3-4,9,11,14,18H,5-8,10H2,1-2H3. The lowest BCUT2D eigenvalue weighted by atomic mass is 9.80. The van der Waals surface area contributed by atoms with Crippen molar-refractivity contribution in [2.45, 2.75) is 18.8 Å². The van der Waals surface area contributed by atoms with Crippen LogP contribution in [0.1, 0.15) is 24.3 Å². The van der Waals surface area contributed by atoms with E-state index >= 15 is 0 Å². The molecule has 1 aliphatic heterocycles. The monoisotopic (exact) mass is 268 g/mol. The molecule has 4 heteroatoms. The third kappa shape index (κ3) is 3.74. The van der Waals surface area contributed by atoms with Crippen molar-refractivity contribution in [2.24, 2.45) is 5.92 Å². The van der Waals surface area contributed by atoms with E-state index in [9.17, 15) is 8.78 Å². The quantitative estimate of drug-likeness (QED) is 0.903. The molecule has 0 amide bonds. The van der Waals surface area contributed by atoms with Gasteiger partial charge in [0.1, 0.15) is 11.6 Å². The first kappa shape index (κ1) is 14.4. The van der Waals surface area contributed by atoms with Crippen LogP contribution in [0.2, 0.25) is 0 Å². The van der Waals surface area contributed by atoms with Gasteiger partial charge in [-0.1, -0.05) is 0 Å². The maximum Gasteiger partial charge on any atom is 0.126 e. The van der Waals surface area contributed by atoms with Gasteiger partial charge in [0.25, 0.3) is 0 Å². The van der Waals surface area contributed by atoms with Gasteiger partial charge in [-0.2, -0.15) is 0 Å². The fraction of sp³-hybridized carbons (Fsp3) is 0.600.